The molecule has 1 atom stereocenters. The lowest BCUT2D eigenvalue weighted by atomic mass is 9.96. The predicted octanol–water partition coefficient (Wildman–Crippen LogP) is 2.84. The van der Waals surface area contributed by atoms with E-state index in [1.54, 1.807) is 24.9 Å². The van der Waals surface area contributed by atoms with E-state index in [9.17, 15) is 13.2 Å². The van der Waals surface area contributed by atoms with Gasteiger partial charge in [-0.1, -0.05) is 6.92 Å². The molecule has 0 radical (unpaired) electrons. The van der Waals surface area contributed by atoms with E-state index in [2.05, 4.69) is 15.4 Å². The van der Waals surface area contributed by atoms with Gasteiger partial charge in [-0.25, -0.2) is 0 Å². The molecule has 1 unspecified atom stereocenters. The summed E-state index contributed by atoms with van der Waals surface area (Å²) in [5, 5.41) is 7.30. The first-order chi connectivity index (χ1) is 9.84. The minimum Gasteiger partial charge on any atom is -0.306 e. The van der Waals surface area contributed by atoms with E-state index in [0.29, 0.717) is 12.2 Å². The Balaban J connectivity index is 2.56. The third kappa shape index (κ3) is 3.24. The lowest BCUT2D eigenvalue weighted by Crippen LogP contribution is -2.25. The van der Waals surface area contributed by atoms with E-state index in [0.717, 1.165) is 17.8 Å². The standard InChI is InChI=1S/C14H17F3N4/c1-4-19-13(11-8-21(3)20-9(11)2)10-7-18-6-5-12(10)14(15,16)17/h5-8,13,19H,4H2,1-3H3. The molecule has 0 fully saturated rings. The molecule has 0 aliphatic heterocycles. The zero-order chi connectivity index (χ0) is 15.6. The molecule has 0 bridgehead atoms. The van der Waals surface area contributed by atoms with E-state index in [4.69, 9.17) is 0 Å². The molecule has 0 saturated carbocycles. The lowest BCUT2D eigenvalue weighted by Gasteiger charge is -2.21. The molecule has 0 aliphatic rings. The summed E-state index contributed by atoms with van der Waals surface area (Å²) in [6.45, 7) is 4.16. The summed E-state index contributed by atoms with van der Waals surface area (Å²) in [6, 6.07) is 0.416. The van der Waals surface area contributed by atoms with Crippen LogP contribution in [0.15, 0.2) is 24.7 Å². The van der Waals surface area contributed by atoms with Gasteiger partial charge in [-0.3, -0.25) is 9.67 Å². The van der Waals surface area contributed by atoms with Crippen LogP contribution in [0.2, 0.25) is 0 Å². The third-order valence-electron chi connectivity index (χ3n) is 3.24. The van der Waals surface area contributed by atoms with Gasteiger partial charge < -0.3 is 5.32 Å². The first-order valence-corrected chi connectivity index (χ1v) is 6.59. The van der Waals surface area contributed by atoms with Gasteiger partial charge in [0.1, 0.15) is 0 Å². The molecule has 2 heterocycles. The molecule has 2 aromatic rings. The number of hydrogen-bond donors (Lipinski definition) is 1. The number of nitrogens with zero attached hydrogens (tertiary/aromatic N) is 3. The van der Waals surface area contributed by atoms with Crippen LogP contribution < -0.4 is 5.32 Å². The Hall–Kier alpha value is -1.89. The average Bonchev–Trinajstić information content (AvgIpc) is 2.74. The van der Waals surface area contributed by atoms with Crippen LogP contribution >= 0.6 is 0 Å². The minimum atomic E-state index is -4.41. The molecule has 2 aromatic heterocycles. The summed E-state index contributed by atoms with van der Waals surface area (Å²) < 4.78 is 41.2. The van der Waals surface area contributed by atoms with Crippen LogP contribution in [0.4, 0.5) is 13.2 Å². The average molecular weight is 298 g/mol. The van der Waals surface area contributed by atoms with Crippen LogP contribution in [0.5, 0.6) is 0 Å². The zero-order valence-electron chi connectivity index (χ0n) is 12.1. The van der Waals surface area contributed by atoms with Gasteiger partial charge in [0.2, 0.25) is 0 Å². The lowest BCUT2D eigenvalue weighted by molar-refractivity contribution is -0.138. The van der Waals surface area contributed by atoms with Crippen LogP contribution in [-0.2, 0) is 13.2 Å². The van der Waals surface area contributed by atoms with Crippen molar-refractivity contribution in [2.75, 3.05) is 6.54 Å². The van der Waals surface area contributed by atoms with E-state index in [-0.39, 0.29) is 5.56 Å². The molecule has 21 heavy (non-hydrogen) atoms. The number of aryl methyl sites for hydroxylation is 2. The molecule has 0 spiro atoms. The van der Waals surface area contributed by atoms with Crippen LogP contribution in [0, 0.1) is 6.92 Å². The molecule has 7 heteroatoms. The Morgan fingerprint density at radius 1 is 1.33 bits per heavy atom. The number of halogens is 3. The fourth-order valence-electron chi connectivity index (χ4n) is 2.39. The van der Waals surface area contributed by atoms with Gasteiger partial charge in [0, 0.05) is 36.8 Å². The molecule has 114 valence electrons. The minimum absolute atomic E-state index is 0.114. The Morgan fingerprint density at radius 3 is 2.57 bits per heavy atom. The Bertz CT molecular complexity index is 619. The topological polar surface area (TPSA) is 42.7 Å². The SMILES string of the molecule is CCNC(c1cnccc1C(F)(F)F)c1cn(C)nc1C. The maximum absolute atomic E-state index is 13.2. The molecule has 0 aliphatic carbocycles. The van der Waals surface area contributed by atoms with Crippen LogP contribution in [0.1, 0.15) is 35.3 Å². The molecule has 4 nitrogen and oxygen atoms in total. The monoisotopic (exact) mass is 298 g/mol. The van der Waals surface area contributed by atoms with Gasteiger partial charge in [-0.05, 0) is 19.5 Å². The number of aromatic nitrogens is 3. The fraction of sp³-hybridized carbons (Fsp3) is 0.429. The quantitative estimate of drug-likeness (QED) is 0.944. The summed E-state index contributed by atoms with van der Waals surface area (Å²) >= 11 is 0. The van der Waals surface area contributed by atoms with Crippen molar-refractivity contribution in [3.05, 3.63) is 47.0 Å². The van der Waals surface area contributed by atoms with Crippen LogP contribution in [0.25, 0.3) is 0 Å². The Kier molecular flexibility index (Phi) is 4.32. The van der Waals surface area contributed by atoms with Crippen molar-refractivity contribution in [1.82, 2.24) is 20.1 Å². The van der Waals surface area contributed by atoms with Gasteiger partial charge in [0.05, 0.1) is 17.3 Å². The molecular weight excluding hydrogens is 281 g/mol. The predicted molar refractivity (Wildman–Crippen MR) is 72.7 cm³/mol. The van der Waals surface area contributed by atoms with Crippen molar-refractivity contribution in [3.63, 3.8) is 0 Å². The van der Waals surface area contributed by atoms with Crippen LogP contribution in [0.3, 0.4) is 0 Å². The molecule has 2 rings (SSSR count). The maximum Gasteiger partial charge on any atom is 0.416 e. The molecule has 0 aromatic carbocycles. The third-order valence-corrected chi connectivity index (χ3v) is 3.24. The number of rotatable bonds is 4. The van der Waals surface area contributed by atoms with Gasteiger partial charge in [-0.15, -0.1) is 0 Å². The summed E-state index contributed by atoms with van der Waals surface area (Å²) in [5.74, 6) is 0. The second kappa shape index (κ2) is 5.85. The Morgan fingerprint density at radius 2 is 2.05 bits per heavy atom. The summed E-state index contributed by atoms with van der Waals surface area (Å²) in [6.07, 6.45) is -0.258. The molecular formula is C14H17F3N4. The van der Waals surface area contributed by atoms with E-state index in [1.807, 2.05) is 6.92 Å². The first-order valence-electron chi connectivity index (χ1n) is 6.59. The first kappa shape index (κ1) is 15.5. The highest BCUT2D eigenvalue weighted by atomic mass is 19.4. The van der Waals surface area contributed by atoms with Crippen molar-refractivity contribution in [3.8, 4) is 0 Å². The largest absolute Gasteiger partial charge is 0.416 e. The number of alkyl halides is 3. The summed E-state index contributed by atoms with van der Waals surface area (Å²) in [4.78, 5) is 3.86. The van der Waals surface area contributed by atoms with Gasteiger partial charge in [0.25, 0.3) is 0 Å². The second-order valence-electron chi connectivity index (χ2n) is 4.79. The smallest absolute Gasteiger partial charge is 0.306 e. The molecule has 1 N–H and O–H groups in total. The summed E-state index contributed by atoms with van der Waals surface area (Å²) in [7, 11) is 1.74. The van der Waals surface area contributed by atoms with Gasteiger partial charge >= 0.3 is 6.18 Å². The number of pyridine rings is 1. The highest BCUT2D eigenvalue weighted by molar-refractivity contribution is 5.37. The Labute approximate surface area is 121 Å². The van der Waals surface area contributed by atoms with Crippen LogP contribution in [-0.4, -0.2) is 21.3 Å². The van der Waals surface area contributed by atoms with E-state index >= 15 is 0 Å². The van der Waals surface area contributed by atoms with Gasteiger partial charge in [-0.2, -0.15) is 18.3 Å². The van der Waals surface area contributed by atoms with Gasteiger partial charge in [0.15, 0.2) is 0 Å². The molecule has 0 saturated heterocycles. The zero-order valence-corrected chi connectivity index (χ0v) is 12.1. The van der Waals surface area contributed by atoms with E-state index < -0.39 is 17.8 Å². The number of nitrogens with one attached hydrogen (secondary N) is 1. The highest BCUT2D eigenvalue weighted by Gasteiger charge is 2.36. The fourth-order valence-corrected chi connectivity index (χ4v) is 2.39. The highest BCUT2D eigenvalue weighted by Crippen LogP contribution is 2.36. The van der Waals surface area contributed by atoms with Crippen molar-refractivity contribution < 1.29 is 13.2 Å². The number of hydrogen-bond acceptors (Lipinski definition) is 3. The van der Waals surface area contributed by atoms with Crippen molar-refractivity contribution in [2.24, 2.45) is 7.05 Å². The van der Waals surface area contributed by atoms with E-state index in [1.165, 1.54) is 6.20 Å². The normalized spacial score (nSPS) is 13.4. The second-order valence-corrected chi connectivity index (χ2v) is 4.79. The van der Waals surface area contributed by atoms with Crippen molar-refractivity contribution in [1.29, 1.82) is 0 Å². The van der Waals surface area contributed by atoms with Crippen molar-refractivity contribution >= 4 is 0 Å². The molecule has 0 amide bonds. The summed E-state index contributed by atoms with van der Waals surface area (Å²) in [5.41, 5.74) is 0.855. The maximum atomic E-state index is 13.2. The van der Waals surface area contributed by atoms with Crippen molar-refractivity contribution in [2.45, 2.75) is 26.1 Å².